The summed E-state index contributed by atoms with van der Waals surface area (Å²) in [6.45, 7) is 9.27. The third-order valence-corrected chi connectivity index (χ3v) is 17.6. The number of benzene rings is 1. The molecule has 0 bridgehead atoms. The number of halogens is 1. The molecule has 4 amide bonds. The zero-order chi connectivity index (χ0) is 58.6. The smallest absolute Gasteiger partial charge is 0.263 e. The van der Waals surface area contributed by atoms with Crippen LogP contribution in [0.1, 0.15) is 146 Å². The van der Waals surface area contributed by atoms with Gasteiger partial charge in [-0.05, 0) is 107 Å². The van der Waals surface area contributed by atoms with Gasteiger partial charge in [0.25, 0.3) is 5.56 Å². The van der Waals surface area contributed by atoms with Gasteiger partial charge in [0.15, 0.2) is 5.78 Å². The van der Waals surface area contributed by atoms with Gasteiger partial charge in [-0.3, -0.25) is 38.1 Å². The molecule has 0 radical (unpaired) electrons. The summed E-state index contributed by atoms with van der Waals surface area (Å²) in [6.07, 6.45) is 13.5. The molecule has 83 heavy (non-hydrogen) atoms. The lowest BCUT2D eigenvalue weighted by Crippen LogP contribution is -2.56. The van der Waals surface area contributed by atoms with Gasteiger partial charge in [-0.15, -0.1) is 11.3 Å². The van der Waals surface area contributed by atoms with E-state index in [1.54, 1.807) is 48.1 Å². The maximum absolute atomic E-state index is 14.5. The fourth-order valence-electron chi connectivity index (χ4n) is 11.8. The quantitative estimate of drug-likeness (QED) is 0.0436. The molecule has 2 unspecified atom stereocenters. The summed E-state index contributed by atoms with van der Waals surface area (Å²) in [5.74, 6) is -1.11. The number of aryl methyl sites for hydroxylation is 1. The molecule has 2 N–H and O–H groups in total. The fraction of sp³-hybridized carbons (Fsp3) is 0.550. The molecule has 4 aromatic heterocycles. The van der Waals surface area contributed by atoms with E-state index < -0.39 is 23.8 Å². The molecule has 2 aliphatic heterocycles. The first-order chi connectivity index (χ1) is 40.2. The number of ketones is 2. The number of pyridine rings is 2. The third kappa shape index (κ3) is 14.8. The van der Waals surface area contributed by atoms with E-state index in [9.17, 15) is 38.0 Å². The number of likely N-dealkylation sites (tertiary alicyclic amines) is 1. The van der Waals surface area contributed by atoms with Crippen LogP contribution in [0.15, 0.2) is 59.0 Å². The number of fused-ring (bicyclic) bond motifs is 1. The SMILES string of the molecule is CC(=O)c1c(C)c2cnc(Nc3ccc(N4CCN(C(=O)CCOCCOCCOCCC(=O)N(C)C(C)C(=O)N[C@H](C(=O)N5CCCC5c5nc(C(=O)c6ccc(F)cc6)cs5)C5CCCCC5)CC4)cn3)nc2n(C2CCCC2)c1=O. The number of nitrogens with zero attached hydrogens (tertiary/aromatic N) is 9. The third-order valence-electron chi connectivity index (χ3n) is 16.6. The molecule has 0 spiro atoms. The minimum absolute atomic E-state index is 0.0169. The number of hydrogen-bond donors (Lipinski definition) is 2. The summed E-state index contributed by atoms with van der Waals surface area (Å²) in [6, 6.07) is 7.13. The zero-order valence-electron chi connectivity index (χ0n) is 47.9. The Labute approximate surface area is 486 Å². The van der Waals surface area contributed by atoms with Crippen molar-refractivity contribution >= 4 is 75.0 Å². The van der Waals surface area contributed by atoms with Gasteiger partial charge in [-0.1, -0.05) is 32.1 Å². The molecule has 2 aliphatic carbocycles. The Morgan fingerprint density at radius 1 is 0.783 bits per heavy atom. The van der Waals surface area contributed by atoms with E-state index in [1.807, 2.05) is 17.0 Å². The number of piperazine rings is 1. The molecule has 1 aromatic carbocycles. The summed E-state index contributed by atoms with van der Waals surface area (Å²) < 4.78 is 32.2. The number of anilines is 3. The van der Waals surface area contributed by atoms with Gasteiger partial charge in [0, 0.05) is 68.3 Å². The van der Waals surface area contributed by atoms with Crippen molar-refractivity contribution in [2.75, 3.05) is 89.6 Å². The zero-order valence-corrected chi connectivity index (χ0v) is 48.8. The van der Waals surface area contributed by atoms with E-state index in [0.29, 0.717) is 91.3 Å². The van der Waals surface area contributed by atoms with Crippen LogP contribution in [0.2, 0.25) is 0 Å². The van der Waals surface area contributed by atoms with Gasteiger partial charge in [-0.25, -0.2) is 19.3 Å². The van der Waals surface area contributed by atoms with E-state index >= 15 is 0 Å². The first-order valence-corrected chi connectivity index (χ1v) is 30.1. The topological polar surface area (TPSA) is 241 Å². The summed E-state index contributed by atoms with van der Waals surface area (Å²) in [5, 5.41) is 9.22. The van der Waals surface area contributed by atoms with Crippen LogP contribution in [0.5, 0.6) is 0 Å². The van der Waals surface area contributed by atoms with Gasteiger partial charge >= 0.3 is 0 Å². The maximum Gasteiger partial charge on any atom is 0.263 e. The van der Waals surface area contributed by atoms with Crippen LogP contribution < -0.4 is 21.1 Å². The van der Waals surface area contributed by atoms with Gasteiger partial charge in [0.1, 0.15) is 40.1 Å². The van der Waals surface area contributed by atoms with Crippen LogP contribution in [-0.4, -0.2) is 166 Å². The highest BCUT2D eigenvalue weighted by Crippen LogP contribution is 2.37. The molecule has 2 saturated carbocycles. The number of amides is 4. The number of ether oxygens (including phenoxy) is 3. The van der Waals surface area contributed by atoms with Crippen molar-refractivity contribution in [1.82, 2.24) is 44.5 Å². The number of thiazole rings is 1. The van der Waals surface area contributed by atoms with E-state index in [1.165, 1.54) is 47.4 Å². The number of carbonyl (C=O) groups excluding carboxylic acids is 6. The van der Waals surface area contributed by atoms with Crippen LogP contribution in [0.3, 0.4) is 0 Å². The second-order valence-corrected chi connectivity index (χ2v) is 22.9. The minimum Gasteiger partial charge on any atom is -0.379 e. The van der Waals surface area contributed by atoms with Crippen molar-refractivity contribution in [3.63, 3.8) is 0 Å². The van der Waals surface area contributed by atoms with Crippen LogP contribution in [0.4, 0.5) is 21.8 Å². The Balaban J connectivity index is 0.634. The van der Waals surface area contributed by atoms with E-state index in [2.05, 4.69) is 30.5 Å². The highest BCUT2D eigenvalue weighted by molar-refractivity contribution is 7.10. The van der Waals surface area contributed by atoms with Crippen LogP contribution in [0, 0.1) is 18.7 Å². The molecule has 21 nitrogen and oxygen atoms in total. The summed E-state index contributed by atoms with van der Waals surface area (Å²) in [5.41, 5.74) is 2.47. The Morgan fingerprint density at radius 2 is 1.46 bits per heavy atom. The molecule has 6 heterocycles. The number of Topliss-reactive ketones (excluding diaryl/α,β-unsaturated/α-hetero) is 1. The highest BCUT2D eigenvalue weighted by atomic mass is 32.1. The fourth-order valence-corrected chi connectivity index (χ4v) is 12.7. The lowest BCUT2D eigenvalue weighted by atomic mass is 9.83. The van der Waals surface area contributed by atoms with Crippen molar-refractivity contribution < 1.29 is 47.4 Å². The second kappa shape index (κ2) is 28.5. The van der Waals surface area contributed by atoms with Crippen LogP contribution >= 0.6 is 11.3 Å². The van der Waals surface area contributed by atoms with Gasteiger partial charge in [-0.2, -0.15) is 4.98 Å². The Morgan fingerprint density at radius 3 is 2.13 bits per heavy atom. The molecule has 5 aromatic rings. The van der Waals surface area contributed by atoms with Crippen LogP contribution in [0.25, 0.3) is 11.0 Å². The average molecular weight is 1160 g/mol. The Bertz CT molecular complexity index is 3160. The summed E-state index contributed by atoms with van der Waals surface area (Å²) >= 11 is 1.31. The number of nitrogens with one attached hydrogen (secondary N) is 2. The second-order valence-electron chi connectivity index (χ2n) is 22.0. The largest absolute Gasteiger partial charge is 0.379 e. The first kappa shape index (κ1) is 60.5. The van der Waals surface area contributed by atoms with Crippen molar-refractivity contribution in [1.29, 1.82) is 0 Å². The maximum atomic E-state index is 14.5. The summed E-state index contributed by atoms with van der Waals surface area (Å²) in [4.78, 5) is 119. The average Bonchev–Trinajstić information content (AvgIpc) is 4.54. The predicted octanol–water partition coefficient (Wildman–Crippen LogP) is 7.14. The monoisotopic (exact) mass is 1160 g/mol. The number of aromatic nitrogens is 5. The van der Waals surface area contributed by atoms with Crippen molar-refractivity contribution in [3.05, 3.63) is 97.7 Å². The van der Waals surface area contributed by atoms with Crippen LogP contribution in [-0.2, 0) is 33.4 Å². The normalized spacial score (nSPS) is 17.7. The molecule has 444 valence electrons. The molecule has 4 fully saturated rings. The number of carbonyl (C=O) groups is 6. The first-order valence-electron chi connectivity index (χ1n) is 29.2. The molecule has 4 aliphatic rings. The van der Waals surface area contributed by atoms with E-state index in [-0.39, 0.29) is 103 Å². The number of rotatable bonds is 25. The number of hydrogen-bond acceptors (Lipinski definition) is 17. The van der Waals surface area contributed by atoms with Gasteiger partial charge in [0.05, 0.1) is 76.0 Å². The standard InChI is InChI=1S/C60H76FN11O10S/c1-38-46-36-63-60(67-55(46)72(44-13-8-9-14-44)58(78)52(38)40(3)73)65-49-21-20-45(35-62-49)69-25-27-70(28-26-69)51(75)23-30-81-32-34-82-33-31-80-29-22-50(74)68(4)39(2)56(77)66-53(41-11-6-5-7-12-41)59(79)71-24-10-15-48(71)57-64-47(37-83-57)54(76)42-16-18-43(61)19-17-42/h16-21,35-37,39,41,44,48,53H,5-15,22-34H2,1-4H3,(H,66,77)(H,62,63,65,67)/t39?,48?,53-/m0/s1. The Hall–Kier alpha value is -7.08. The van der Waals surface area contributed by atoms with Crippen molar-refractivity contribution in [2.24, 2.45) is 5.92 Å². The van der Waals surface area contributed by atoms with Gasteiger partial charge < -0.3 is 44.4 Å². The van der Waals surface area contributed by atoms with E-state index in [4.69, 9.17) is 19.2 Å². The molecular weight excluding hydrogens is 1090 g/mol. The number of likely N-dealkylation sites (N-methyl/N-ethyl adjacent to an activating group) is 1. The Kier molecular flexibility index (Phi) is 20.8. The predicted molar refractivity (Wildman–Crippen MR) is 310 cm³/mol. The highest BCUT2D eigenvalue weighted by Gasteiger charge is 2.41. The van der Waals surface area contributed by atoms with E-state index in [0.717, 1.165) is 69.9 Å². The molecule has 23 heteroatoms. The molecule has 9 rings (SSSR count). The minimum atomic E-state index is -0.848. The molecular formula is C60H76FN11O10S. The summed E-state index contributed by atoms with van der Waals surface area (Å²) in [7, 11) is 1.57. The van der Waals surface area contributed by atoms with Crippen molar-refractivity contribution in [3.8, 4) is 0 Å². The lowest BCUT2D eigenvalue weighted by molar-refractivity contribution is -0.143. The van der Waals surface area contributed by atoms with Crippen molar-refractivity contribution in [2.45, 2.75) is 128 Å². The lowest BCUT2D eigenvalue weighted by Gasteiger charge is -2.36. The van der Waals surface area contributed by atoms with Gasteiger partial charge in [0.2, 0.25) is 35.4 Å². The molecule has 2 saturated heterocycles. The molecule has 3 atom stereocenters.